The summed E-state index contributed by atoms with van der Waals surface area (Å²) in [5.41, 5.74) is 2.39. The standard InChI is InChI=1S/C15H19N3O2/c1-3-8-18-11-12(10-17-18)9-16-14-7-5-4-6-13(14)15(19)20-2/h4-7,10-11,16H,3,8-9H2,1-2H3. The van der Waals surface area contributed by atoms with Gasteiger partial charge in [0.05, 0.1) is 18.9 Å². The van der Waals surface area contributed by atoms with Crippen LogP contribution >= 0.6 is 0 Å². The lowest BCUT2D eigenvalue weighted by Crippen LogP contribution is -2.07. The van der Waals surface area contributed by atoms with Gasteiger partial charge in [0.1, 0.15) is 0 Å². The molecule has 0 unspecified atom stereocenters. The Morgan fingerprint density at radius 1 is 1.40 bits per heavy atom. The summed E-state index contributed by atoms with van der Waals surface area (Å²) in [6.45, 7) is 3.66. The topological polar surface area (TPSA) is 56.2 Å². The van der Waals surface area contributed by atoms with Gasteiger partial charge in [-0.25, -0.2) is 4.79 Å². The van der Waals surface area contributed by atoms with Crippen molar-refractivity contribution in [3.63, 3.8) is 0 Å². The Balaban J connectivity index is 2.04. The minimum Gasteiger partial charge on any atom is -0.465 e. The molecule has 0 saturated heterocycles. The maximum atomic E-state index is 11.7. The van der Waals surface area contributed by atoms with E-state index < -0.39 is 0 Å². The van der Waals surface area contributed by atoms with E-state index in [2.05, 4.69) is 17.3 Å². The molecule has 2 rings (SSSR count). The molecule has 0 amide bonds. The molecule has 0 fully saturated rings. The maximum absolute atomic E-state index is 11.7. The monoisotopic (exact) mass is 273 g/mol. The smallest absolute Gasteiger partial charge is 0.339 e. The molecular formula is C15H19N3O2. The summed E-state index contributed by atoms with van der Waals surface area (Å²) in [6, 6.07) is 7.31. The zero-order valence-corrected chi connectivity index (χ0v) is 11.8. The normalized spacial score (nSPS) is 10.3. The highest BCUT2D eigenvalue weighted by Gasteiger charge is 2.10. The second kappa shape index (κ2) is 6.75. The van der Waals surface area contributed by atoms with Crippen molar-refractivity contribution in [2.24, 2.45) is 0 Å². The number of nitrogens with one attached hydrogen (secondary N) is 1. The fourth-order valence-electron chi connectivity index (χ4n) is 1.97. The van der Waals surface area contributed by atoms with Gasteiger partial charge in [0.2, 0.25) is 0 Å². The molecule has 2 aromatic rings. The van der Waals surface area contributed by atoms with Gasteiger partial charge in [-0.3, -0.25) is 4.68 Å². The number of aryl methyl sites for hydroxylation is 1. The van der Waals surface area contributed by atoms with Crippen LogP contribution in [0.3, 0.4) is 0 Å². The Kier molecular flexibility index (Phi) is 4.76. The summed E-state index contributed by atoms with van der Waals surface area (Å²) in [6.07, 6.45) is 4.90. The Labute approximate surface area is 118 Å². The van der Waals surface area contributed by atoms with Crippen LogP contribution in [0.2, 0.25) is 0 Å². The first-order valence-corrected chi connectivity index (χ1v) is 6.67. The molecule has 0 radical (unpaired) electrons. The molecule has 0 aliphatic carbocycles. The van der Waals surface area contributed by atoms with Gasteiger partial charge in [-0.1, -0.05) is 19.1 Å². The van der Waals surface area contributed by atoms with Crippen LogP contribution in [-0.4, -0.2) is 22.9 Å². The zero-order valence-electron chi connectivity index (χ0n) is 11.8. The number of aromatic nitrogens is 2. The largest absolute Gasteiger partial charge is 0.465 e. The number of methoxy groups -OCH3 is 1. The van der Waals surface area contributed by atoms with Crippen molar-refractivity contribution >= 4 is 11.7 Å². The number of para-hydroxylation sites is 1. The summed E-state index contributed by atoms with van der Waals surface area (Å²) >= 11 is 0. The number of hydrogen-bond acceptors (Lipinski definition) is 4. The van der Waals surface area contributed by atoms with Crippen LogP contribution in [0.5, 0.6) is 0 Å². The van der Waals surface area contributed by atoms with Gasteiger partial charge in [-0.2, -0.15) is 5.10 Å². The van der Waals surface area contributed by atoms with Crippen molar-refractivity contribution in [2.75, 3.05) is 12.4 Å². The first kappa shape index (κ1) is 14.1. The minimum absolute atomic E-state index is 0.338. The van der Waals surface area contributed by atoms with Crippen molar-refractivity contribution in [1.82, 2.24) is 9.78 Å². The molecule has 0 spiro atoms. The van der Waals surface area contributed by atoms with E-state index in [-0.39, 0.29) is 5.97 Å². The highest BCUT2D eigenvalue weighted by Crippen LogP contribution is 2.17. The van der Waals surface area contributed by atoms with E-state index in [1.807, 2.05) is 35.3 Å². The van der Waals surface area contributed by atoms with E-state index in [1.165, 1.54) is 7.11 Å². The molecule has 1 aromatic heterocycles. The third kappa shape index (κ3) is 3.38. The van der Waals surface area contributed by atoms with E-state index >= 15 is 0 Å². The number of carbonyl (C=O) groups excluding carboxylic acids is 1. The fourth-order valence-corrected chi connectivity index (χ4v) is 1.97. The van der Waals surface area contributed by atoms with Crippen molar-refractivity contribution in [3.8, 4) is 0 Å². The van der Waals surface area contributed by atoms with Gasteiger partial charge < -0.3 is 10.1 Å². The summed E-state index contributed by atoms with van der Waals surface area (Å²) < 4.78 is 6.69. The molecule has 0 bridgehead atoms. The van der Waals surface area contributed by atoms with Crippen LogP contribution in [0.25, 0.3) is 0 Å². The molecule has 0 aliphatic heterocycles. The summed E-state index contributed by atoms with van der Waals surface area (Å²) in [7, 11) is 1.38. The van der Waals surface area contributed by atoms with Gasteiger partial charge in [0, 0.05) is 30.5 Å². The van der Waals surface area contributed by atoms with Gasteiger partial charge in [0.25, 0.3) is 0 Å². The third-order valence-corrected chi connectivity index (χ3v) is 2.95. The highest BCUT2D eigenvalue weighted by molar-refractivity contribution is 5.95. The van der Waals surface area contributed by atoms with Crippen LogP contribution in [0.4, 0.5) is 5.69 Å². The van der Waals surface area contributed by atoms with Gasteiger partial charge >= 0.3 is 5.97 Å². The van der Waals surface area contributed by atoms with Crippen LogP contribution in [0.1, 0.15) is 29.3 Å². The van der Waals surface area contributed by atoms with Gasteiger partial charge in [-0.05, 0) is 18.6 Å². The number of carbonyl (C=O) groups is 1. The Morgan fingerprint density at radius 2 is 2.20 bits per heavy atom. The number of rotatable bonds is 6. The second-order valence-electron chi connectivity index (χ2n) is 4.50. The number of esters is 1. The molecule has 0 saturated carbocycles. The molecular weight excluding hydrogens is 254 g/mol. The predicted octanol–water partition coefficient (Wildman–Crippen LogP) is 2.69. The van der Waals surface area contributed by atoms with Crippen LogP contribution in [0.15, 0.2) is 36.7 Å². The van der Waals surface area contributed by atoms with Gasteiger partial charge in [0.15, 0.2) is 0 Å². The average molecular weight is 273 g/mol. The van der Waals surface area contributed by atoms with Crippen LogP contribution in [0, 0.1) is 0 Å². The SMILES string of the molecule is CCCn1cc(CNc2ccccc2C(=O)OC)cn1. The molecule has 5 heteroatoms. The Morgan fingerprint density at radius 3 is 2.95 bits per heavy atom. The molecule has 20 heavy (non-hydrogen) atoms. The first-order valence-electron chi connectivity index (χ1n) is 6.67. The van der Waals surface area contributed by atoms with E-state index in [0.717, 1.165) is 24.2 Å². The number of hydrogen-bond donors (Lipinski definition) is 1. The molecule has 1 aromatic carbocycles. The van der Waals surface area contributed by atoms with Crippen LogP contribution < -0.4 is 5.32 Å². The van der Waals surface area contributed by atoms with Crippen LogP contribution in [-0.2, 0) is 17.8 Å². The molecule has 0 atom stereocenters. The van der Waals surface area contributed by atoms with Crippen molar-refractivity contribution in [3.05, 3.63) is 47.8 Å². The highest BCUT2D eigenvalue weighted by atomic mass is 16.5. The Hall–Kier alpha value is -2.30. The lowest BCUT2D eigenvalue weighted by Gasteiger charge is -2.09. The van der Waals surface area contributed by atoms with E-state index in [4.69, 9.17) is 4.74 Å². The number of nitrogens with zero attached hydrogens (tertiary/aromatic N) is 2. The predicted molar refractivity (Wildman–Crippen MR) is 77.6 cm³/mol. The minimum atomic E-state index is -0.338. The average Bonchev–Trinajstić information content (AvgIpc) is 2.93. The third-order valence-electron chi connectivity index (χ3n) is 2.95. The lowest BCUT2D eigenvalue weighted by atomic mass is 10.1. The quantitative estimate of drug-likeness (QED) is 0.822. The van der Waals surface area contributed by atoms with E-state index in [1.54, 1.807) is 6.07 Å². The number of ether oxygens (including phenoxy) is 1. The summed E-state index contributed by atoms with van der Waals surface area (Å²) in [4.78, 5) is 11.7. The lowest BCUT2D eigenvalue weighted by molar-refractivity contribution is 0.0602. The maximum Gasteiger partial charge on any atom is 0.339 e. The fraction of sp³-hybridized carbons (Fsp3) is 0.333. The Bertz CT molecular complexity index is 578. The molecule has 5 nitrogen and oxygen atoms in total. The van der Waals surface area contributed by atoms with Crippen molar-refractivity contribution < 1.29 is 9.53 Å². The second-order valence-corrected chi connectivity index (χ2v) is 4.50. The molecule has 106 valence electrons. The first-order chi connectivity index (χ1) is 9.74. The molecule has 0 aliphatic rings. The molecule has 1 N–H and O–H groups in total. The molecule has 1 heterocycles. The summed E-state index contributed by atoms with van der Waals surface area (Å²) in [5, 5.41) is 7.52. The summed E-state index contributed by atoms with van der Waals surface area (Å²) in [5.74, 6) is -0.338. The van der Waals surface area contributed by atoms with E-state index in [0.29, 0.717) is 12.1 Å². The number of anilines is 1. The van der Waals surface area contributed by atoms with Gasteiger partial charge in [-0.15, -0.1) is 0 Å². The zero-order chi connectivity index (χ0) is 14.4. The van der Waals surface area contributed by atoms with Crippen molar-refractivity contribution in [2.45, 2.75) is 26.4 Å². The van der Waals surface area contributed by atoms with E-state index in [9.17, 15) is 4.79 Å². The number of benzene rings is 1. The van der Waals surface area contributed by atoms with Crippen molar-refractivity contribution in [1.29, 1.82) is 0 Å².